The van der Waals surface area contributed by atoms with E-state index in [1.165, 1.54) is 18.2 Å². The number of carbonyl (C=O) groups excluding carboxylic acids is 1. The van der Waals surface area contributed by atoms with Crippen LogP contribution < -0.4 is 4.72 Å². The zero-order valence-electron chi connectivity index (χ0n) is 15.4. The summed E-state index contributed by atoms with van der Waals surface area (Å²) >= 11 is 5.79. The molecular formula is C18H10ClF6N3O3S. The van der Waals surface area contributed by atoms with Gasteiger partial charge < -0.3 is 4.57 Å². The summed E-state index contributed by atoms with van der Waals surface area (Å²) in [5.74, 6) is -1.27. The van der Waals surface area contributed by atoms with Crippen LogP contribution in [0.2, 0.25) is 5.02 Å². The van der Waals surface area contributed by atoms with Crippen LogP contribution in [0.25, 0.3) is 5.69 Å². The standard InChI is InChI=1S/C18H10ClF6N3O3S/c19-13-3-1-2-4-15(13)32(30,31)27-16(29)14-8-28(9-26-14)12-6-10(17(20,21)22)5-11(7-12)18(23,24)25/h1-9H,(H,27,29). The molecule has 1 aromatic heterocycles. The van der Waals surface area contributed by atoms with Crippen LogP contribution in [0, 0.1) is 0 Å². The fraction of sp³-hybridized carbons (Fsp3) is 0.111. The summed E-state index contributed by atoms with van der Waals surface area (Å²) in [5, 5.41) is -0.179. The quantitative estimate of drug-likeness (QED) is 0.531. The van der Waals surface area contributed by atoms with Crippen LogP contribution in [-0.2, 0) is 22.4 Å². The predicted octanol–water partition coefficient (Wildman–Crippen LogP) is 4.68. The Morgan fingerprint density at radius 1 is 0.969 bits per heavy atom. The zero-order valence-corrected chi connectivity index (χ0v) is 16.9. The third kappa shape index (κ3) is 5.05. The highest BCUT2D eigenvalue weighted by atomic mass is 35.5. The monoisotopic (exact) mass is 497 g/mol. The lowest BCUT2D eigenvalue weighted by atomic mass is 10.1. The highest BCUT2D eigenvalue weighted by Gasteiger charge is 2.37. The fourth-order valence-electron chi connectivity index (χ4n) is 2.56. The fourth-order valence-corrected chi connectivity index (χ4v) is 4.04. The van der Waals surface area contributed by atoms with Gasteiger partial charge in [-0.3, -0.25) is 4.79 Å². The second-order valence-electron chi connectivity index (χ2n) is 6.30. The minimum atomic E-state index is -5.07. The summed E-state index contributed by atoms with van der Waals surface area (Å²) in [7, 11) is -4.42. The first-order valence-corrected chi connectivity index (χ1v) is 10.2. The second-order valence-corrected chi connectivity index (χ2v) is 8.35. The number of aromatic nitrogens is 2. The van der Waals surface area contributed by atoms with Gasteiger partial charge in [0.1, 0.15) is 16.9 Å². The second kappa shape index (κ2) is 8.13. The molecule has 0 saturated heterocycles. The Bertz CT molecular complexity index is 1250. The van der Waals surface area contributed by atoms with Crippen molar-refractivity contribution in [2.24, 2.45) is 0 Å². The molecule has 0 unspecified atom stereocenters. The van der Waals surface area contributed by atoms with Crippen LogP contribution in [0.4, 0.5) is 26.3 Å². The highest BCUT2D eigenvalue weighted by Crippen LogP contribution is 2.37. The average Bonchev–Trinajstić information content (AvgIpc) is 3.16. The van der Waals surface area contributed by atoms with Crippen molar-refractivity contribution >= 4 is 27.5 Å². The molecule has 0 aliphatic rings. The Kier molecular flexibility index (Phi) is 6.00. The number of sulfonamides is 1. The topological polar surface area (TPSA) is 81.1 Å². The van der Waals surface area contributed by atoms with Crippen LogP contribution >= 0.6 is 11.6 Å². The molecule has 0 spiro atoms. The number of imidazole rings is 1. The number of halogens is 7. The minimum Gasteiger partial charge on any atom is -0.305 e. The van der Waals surface area contributed by atoms with Gasteiger partial charge in [-0.25, -0.2) is 18.1 Å². The van der Waals surface area contributed by atoms with Gasteiger partial charge >= 0.3 is 12.4 Å². The zero-order chi connectivity index (χ0) is 23.9. The molecule has 0 radical (unpaired) electrons. The van der Waals surface area contributed by atoms with Crippen LogP contribution in [-0.4, -0.2) is 23.9 Å². The van der Waals surface area contributed by atoms with Gasteiger partial charge in [-0.05, 0) is 30.3 Å². The number of nitrogens with one attached hydrogen (secondary N) is 1. The van der Waals surface area contributed by atoms with Crippen molar-refractivity contribution in [2.45, 2.75) is 17.2 Å². The Labute approximate surface area is 181 Å². The molecule has 14 heteroatoms. The molecule has 0 fully saturated rings. The first kappa shape index (κ1) is 23.6. The largest absolute Gasteiger partial charge is 0.416 e. The molecule has 3 aromatic rings. The van der Waals surface area contributed by atoms with E-state index in [-0.39, 0.29) is 11.1 Å². The number of amides is 1. The van der Waals surface area contributed by atoms with E-state index in [9.17, 15) is 39.6 Å². The van der Waals surface area contributed by atoms with Crippen molar-refractivity contribution < 1.29 is 39.6 Å². The summed E-state index contributed by atoms with van der Waals surface area (Å²) < 4.78 is 105. The van der Waals surface area contributed by atoms with Crippen LogP contribution in [0.5, 0.6) is 0 Å². The highest BCUT2D eigenvalue weighted by molar-refractivity contribution is 7.90. The van der Waals surface area contributed by atoms with Gasteiger partial charge in [-0.15, -0.1) is 0 Å². The van der Waals surface area contributed by atoms with Gasteiger partial charge in [0.05, 0.1) is 16.1 Å². The number of nitrogens with zero attached hydrogens (tertiary/aromatic N) is 2. The minimum absolute atomic E-state index is 0.0514. The molecule has 3 rings (SSSR count). The molecule has 2 aromatic carbocycles. The summed E-state index contributed by atoms with van der Waals surface area (Å²) in [4.78, 5) is 15.4. The van der Waals surface area contributed by atoms with E-state index >= 15 is 0 Å². The molecule has 0 aliphatic carbocycles. The van der Waals surface area contributed by atoms with E-state index in [1.54, 1.807) is 4.72 Å². The Morgan fingerprint density at radius 2 is 1.53 bits per heavy atom. The van der Waals surface area contributed by atoms with Crippen molar-refractivity contribution in [1.29, 1.82) is 0 Å². The molecule has 1 heterocycles. The van der Waals surface area contributed by atoms with E-state index in [0.29, 0.717) is 12.1 Å². The molecule has 1 amide bonds. The van der Waals surface area contributed by atoms with Gasteiger partial charge in [0.2, 0.25) is 0 Å². The molecule has 0 aliphatic heterocycles. The normalized spacial score (nSPS) is 12.6. The number of rotatable bonds is 4. The average molecular weight is 498 g/mol. The Morgan fingerprint density at radius 3 is 2.06 bits per heavy atom. The van der Waals surface area contributed by atoms with Gasteiger partial charge in [-0.2, -0.15) is 26.3 Å². The molecule has 0 atom stereocenters. The van der Waals surface area contributed by atoms with Crippen molar-refractivity contribution in [3.63, 3.8) is 0 Å². The number of alkyl halides is 6. The Hall–Kier alpha value is -3.06. The number of benzene rings is 2. The van der Waals surface area contributed by atoms with E-state index in [0.717, 1.165) is 23.2 Å². The lowest BCUT2D eigenvalue weighted by molar-refractivity contribution is -0.143. The molecule has 32 heavy (non-hydrogen) atoms. The third-order valence-corrected chi connectivity index (χ3v) is 5.87. The van der Waals surface area contributed by atoms with Crippen LogP contribution in [0.3, 0.4) is 0 Å². The molecule has 1 N–H and O–H groups in total. The summed E-state index contributed by atoms with van der Waals surface area (Å²) in [6.45, 7) is 0. The van der Waals surface area contributed by atoms with E-state index in [1.807, 2.05) is 0 Å². The number of carbonyl (C=O) groups is 1. The Balaban J connectivity index is 1.95. The molecule has 0 saturated carbocycles. The van der Waals surface area contributed by atoms with E-state index in [2.05, 4.69) is 4.98 Å². The van der Waals surface area contributed by atoms with Crippen molar-refractivity contribution in [3.05, 3.63) is 76.8 Å². The summed E-state index contributed by atoms with van der Waals surface area (Å²) in [6, 6.07) is 6.00. The van der Waals surface area contributed by atoms with Crippen molar-refractivity contribution in [1.82, 2.24) is 14.3 Å². The summed E-state index contributed by atoms with van der Waals surface area (Å²) in [6.07, 6.45) is -8.58. The number of hydrogen-bond acceptors (Lipinski definition) is 4. The maximum atomic E-state index is 13.0. The maximum absolute atomic E-state index is 13.0. The van der Waals surface area contributed by atoms with Crippen molar-refractivity contribution in [3.8, 4) is 5.69 Å². The lowest BCUT2D eigenvalue weighted by Crippen LogP contribution is -2.31. The first-order valence-electron chi connectivity index (χ1n) is 8.34. The van der Waals surface area contributed by atoms with E-state index in [4.69, 9.17) is 11.6 Å². The SMILES string of the molecule is O=C(NS(=O)(=O)c1ccccc1Cl)c1cn(-c2cc(C(F)(F)F)cc(C(F)(F)F)c2)cn1. The first-order chi connectivity index (χ1) is 14.7. The predicted molar refractivity (Wildman–Crippen MR) is 99.7 cm³/mol. The van der Waals surface area contributed by atoms with Crippen molar-refractivity contribution in [2.75, 3.05) is 0 Å². The van der Waals surface area contributed by atoms with Gasteiger partial charge in [0.25, 0.3) is 15.9 Å². The van der Waals surface area contributed by atoms with E-state index < -0.39 is 55.7 Å². The smallest absolute Gasteiger partial charge is 0.305 e. The van der Waals surface area contributed by atoms with Gasteiger partial charge in [0, 0.05) is 11.9 Å². The molecule has 0 bridgehead atoms. The van der Waals surface area contributed by atoms with Crippen LogP contribution in [0.15, 0.2) is 59.9 Å². The molecule has 170 valence electrons. The lowest BCUT2D eigenvalue weighted by Gasteiger charge is -2.14. The van der Waals surface area contributed by atoms with Crippen LogP contribution in [0.1, 0.15) is 21.6 Å². The maximum Gasteiger partial charge on any atom is 0.416 e. The summed E-state index contributed by atoms with van der Waals surface area (Å²) in [5.41, 5.74) is -4.30. The third-order valence-electron chi connectivity index (χ3n) is 4.04. The molecule has 6 nitrogen and oxygen atoms in total. The molecular weight excluding hydrogens is 488 g/mol. The number of hydrogen-bond donors (Lipinski definition) is 1. The van der Waals surface area contributed by atoms with Gasteiger partial charge in [-0.1, -0.05) is 23.7 Å². The van der Waals surface area contributed by atoms with Gasteiger partial charge in [0.15, 0.2) is 0 Å².